The van der Waals surface area contributed by atoms with Crippen molar-refractivity contribution in [3.8, 4) is 16.5 Å². The average molecular weight is 427 g/mol. The van der Waals surface area contributed by atoms with Gasteiger partial charge >= 0.3 is 5.97 Å². The van der Waals surface area contributed by atoms with Crippen molar-refractivity contribution in [1.29, 1.82) is 0 Å². The third-order valence-electron chi connectivity index (χ3n) is 5.35. The van der Waals surface area contributed by atoms with Crippen molar-refractivity contribution < 1.29 is 18.7 Å². The van der Waals surface area contributed by atoms with Crippen LogP contribution in [0.2, 0.25) is 0 Å². The summed E-state index contributed by atoms with van der Waals surface area (Å²) in [6.45, 7) is 4.08. The summed E-state index contributed by atoms with van der Waals surface area (Å²) in [7, 11) is 1.45. The number of nitrogens with zero attached hydrogens (tertiary/aromatic N) is 2. The number of thiophene rings is 1. The predicted molar refractivity (Wildman–Crippen MR) is 116 cm³/mol. The molecule has 7 heteroatoms. The number of aromatic nitrogens is 1. The Labute approximate surface area is 180 Å². The molecule has 0 aliphatic carbocycles. The second-order valence-electron chi connectivity index (χ2n) is 7.40. The van der Waals surface area contributed by atoms with Crippen molar-refractivity contribution in [2.45, 2.75) is 38.8 Å². The minimum Gasteiger partial charge on any atom is -0.493 e. The average Bonchev–Trinajstić information content (AvgIpc) is 3.50. The number of ether oxygens (including phenoxy) is 2. The molecule has 6 nitrogen and oxygen atoms in total. The molecule has 2 aromatic heterocycles. The molecule has 0 saturated carbocycles. The topological polar surface area (TPSA) is 64.8 Å². The van der Waals surface area contributed by atoms with Crippen LogP contribution < -0.4 is 4.74 Å². The smallest absolute Gasteiger partial charge is 0.323 e. The Morgan fingerprint density at radius 1 is 1.33 bits per heavy atom. The number of esters is 1. The van der Waals surface area contributed by atoms with E-state index in [0.29, 0.717) is 25.5 Å². The van der Waals surface area contributed by atoms with E-state index in [0.717, 1.165) is 47.0 Å². The van der Waals surface area contributed by atoms with Gasteiger partial charge < -0.3 is 13.9 Å². The van der Waals surface area contributed by atoms with Gasteiger partial charge in [-0.15, -0.1) is 11.3 Å². The van der Waals surface area contributed by atoms with Crippen LogP contribution in [0.5, 0.6) is 5.75 Å². The van der Waals surface area contributed by atoms with E-state index in [-0.39, 0.29) is 12.0 Å². The van der Waals surface area contributed by atoms with Crippen molar-refractivity contribution in [2.75, 3.05) is 20.3 Å². The Balaban J connectivity index is 1.33. The number of rotatable bonds is 8. The maximum Gasteiger partial charge on any atom is 0.323 e. The lowest BCUT2D eigenvalue weighted by Gasteiger charge is -2.22. The van der Waals surface area contributed by atoms with Gasteiger partial charge in [-0.2, -0.15) is 0 Å². The SMILES string of the molecule is COC(=O)C1CCCN1Cc1cccc(OCCc2nc(-c3cccs3)oc2C)c1. The van der Waals surface area contributed by atoms with Gasteiger partial charge in [-0.3, -0.25) is 9.69 Å². The number of carbonyl (C=O) groups is 1. The highest BCUT2D eigenvalue weighted by atomic mass is 32.1. The third-order valence-corrected chi connectivity index (χ3v) is 6.21. The van der Waals surface area contributed by atoms with E-state index < -0.39 is 0 Å². The molecule has 1 atom stereocenters. The van der Waals surface area contributed by atoms with E-state index >= 15 is 0 Å². The number of hydrogen-bond donors (Lipinski definition) is 0. The number of benzene rings is 1. The summed E-state index contributed by atoms with van der Waals surface area (Å²) in [5.74, 6) is 2.18. The van der Waals surface area contributed by atoms with Crippen molar-refractivity contribution >= 4 is 17.3 Å². The van der Waals surface area contributed by atoms with Crippen molar-refractivity contribution in [3.63, 3.8) is 0 Å². The third kappa shape index (κ3) is 4.74. The lowest BCUT2D eigenvalue weighted by atomic mass is 10.1. The second kappa shape index (κ2) is 9.45. The molecule has 1 unspecified atom stereocenters. The Bertz CT molecular complexity index is 983. The van der Waals surface area contributed by atoms with Gasteiger partial charge in [-0.1, -0.05) is 18.2 Å². The van der Waals surface area contributed by atoms with Crippen LogP contribution in [0.4, 0.5) is 0 Å². The number of likely N-dealkylation sites (tertiary alicyclic amines) is 1. The standard InChI is InChI=1S/C23H26N2O4S/c1-16-19(24-22(29-16)21-9-5-13-30-21)10-12-28-18-7-3-6-17(14-18)15-25-11-4-8-20(25)23(26)27-2/h3,5-7,9,13-14,20H,4,8,10-12,15H2,1-2H3. The Morgan fingerprint density at radius 2 is 2.23 bits per heavy atom. The summed E-state index contributed by atoms with van der Waals surface area (Å²) >= 11 is 1.62. The van der Waals surface area contributed by atoms with E-state index in [1.165, 1.54) is 7.11 Å². The van der Waals surface area contributed by atoms with Crippen LogP contribution in [-0.4, -0.2) is 42.2 Å². The molecule has 0 N–H and O–H groups in total. The summed E-state index contributed by atoms with van der Waals surface area (Å²) in [4.78, 5) is 19.8. The summed E-state index contributed by atoms with van der Waals surface area (Å²) in [5.41, 5.74) is 2.05. The van der Waals surface area contributed by atoms with Crippen LogP contribution in [0.15, 0.2) is 46.2 Å². The lowest BCUT2D eigenvalue weighted by Crippen LogP contribution is -2.36. The van der Waals surface area contributed by atoms with E-state index in [1.54, 1.807) is 11.3 Å². The summed E-state index contributed by atoms with van der Waals surface area (Å²) < 4.78 is 16.7. The molecule has 4 rings (SSSR count). The quantitative estimate of drug-likeness (QED) is 0.495. The molecule has 3 aromatic rings. The largest absolute Gasteiger partial charge is 0.493 e. The monoisotopic (exact) mass is 426 g/mol. The van der Waals surface area contributed by atoms with Crippen LogP contribution in [0.1, 0.15) is 29.9 Å². The fourth-order valence-corrected chi connectivity index (χ4v) is 4.47. The predicted octanol–water partition coefficient (Wildman–Crippen LogP) is 4.47. The van der Waals surface area contributed by atoms with Gasteiger partial charge in [-0.05, 0) is 55.5 Å². The van der Waals surface area contributed by atoms with E-state index in [2.05, 4.69) is 16.0 Å². The number of aryl methyl sites for hydroxylation is 1. The maximum atomic E-state index is 12.0. The van der Waals surface area contributed by atoms with Gasteiger partial charge in [0.05, 0.1) is 24.3 Å². The molecule has 0 radical (unpaired) electrons. The van der Waals surface area contributed by atoms with Crippen LogP contribution in [0.3, 0.4) is 0 Å². The van der Waals surface area contributed by atoms with E-state index in [1.807, 2.05) is 42.6 Å². The Morgan fingerprint density at radius 3 is 3.03 bits per heavy atom. The second-order valence-corrected chi connectivity index (χ2v) is 8.34. The molecular formula is C23H26N2O4S. The van der Waals surface area contributed by atoms with Crippen LogP contribution in [0.25, 0.3) is 10.8 Å². The molecule has 1 aliphatic heterocycles. The van der Waals surface area contributed by atoms with Gasteiger partial charge in [0, 0.05) is 13.0 Å². The molecule has 1 aliphatic rings. The molecule has 1 fully saturated rings. The van der Waals surface area contributed by atoms with Gasteiger partial charge in [0.2, 0.25) is 5.89 Å². The van der Waals surface area contributed by atoms with Gasteiger partial charge in [-0.25, -0.2) is 4.98 Å². The molecule has 1 aromatic carbocycles. The van der Waals surface area contributed by atoms with Gasteiger partial charge in [0.1, 0.15) is 17.6 Å². The first kappa shape index (κ1) is 20.6. The highest BCUT2D eigenvalue weighted by molar-refractivity contribution is 7.13. The zero-order valence-corrected chi connectivity index (χ0v) is 18.1. The number of methoxy groups -OCH3 is 1. The molecule has 158 valence electrons. The molecule has 1 saturated heterocycles. The van der Waals surface area contributed by atoms with Crippen LogP contribution in [0, 0.1) is 6.92 Å². The van der Waals surface area contributed by atoms with Crippen molar-refractivity contribution in [2.24, 2.45) is 0 Å². The Kier molecular flexibility index (Phi) is 6.50. The first-order valence-corrected chi connectivity index (χ1v) is 11.1. The molecule has 0 spiro atoms. The lowest BCUT2D eigenvalue weighted by molar-refractivity contribution is -0.146. The van der Waals surface area contributed by atoms with E-state index in [9.17, 15) is 4.79 Å². The molecule has 30 heavy (non-hydrogen) atoms. The van der Waals surface area contributed by atoms with Gasteiger partial charge in [0.25, 0.3) is 0 Å². The van der Waals surface area contributed by atoms with Crippen molar-refractivity contribution in [3.05, 3.63) is 58.8 Å². The summed E-state index contributed by atoms with van der Waals surface area (Å²) in [6, 6.07) is 11.9. The molecule has 0 bridgehead atoms. The fourth-order valence-electron chi connectivity index (χ4n) is 3.82. The van der Waals surface area contributed by atoms with Crippen LogP contribution >= 0.6 is 11.3 Å². The van der Waals surface area contributed by atoms with Crippen LogP contribution in [-0.2, 0) is 22.5 Å². The number of carbonyl (C=O) groups excluding carboxylic acids is 1. The number of oxazole rings is 1. The molecular weight excluding hydrogens is 400 g/mol. The molecule has 3 heterocycles. The highest BCUT2D eigenvalue weighted by Crippen LogP contribution is 2.26. The van der Waals surface area contributed by atoms with Gasteiger partial charge in [0.15, 0.2) is 0 Å². The zero-order chi connectivity index (χ0) is 20.9. The molecule has 0 amide bonds. The Hall–Kier alpha value is -2.64. The highest BCUT2D eigenvalue weighted by Gasteiger charge is 2.31. The minimum atomic E-state index is -0.148. The van der Waals surface area contributed by atoms with Crippen molar-refractivity contribution in [1.82, 2.24) is 9.88 Å². The summed E-state index contributed by atoms with van der Waals surface area (Å²) in [6.07, 6.45) is 2.55. The van der Waals surface area contributed by atoms with E-state index in [4.69, 9.17) is 13.9 Å². The normalized spacial score (nSPS) is 16.7. The first-order valence-electron chi connectivity index (χ1n) is 10.2. The maximum absolute atomic E-state index is 12.0. The fraction of sp³-hybridized carbons (Fsp3) is 0.391. The minimum absolute atomic E-state index is 0.146. The summed E-state index contributed by atoms with van der Waals surface area (Å²) in [5, 5.41) is 2.01. The number of hydrogen-bond acceptors (Lipinski definition) is 7. The first-order chi connectivity index (χ1) is 14.6. The zero-order valence-electron chi connectivity index (χ0n) is 17.3.